The van der Waals surface area contributed by atoms with Crippen LogP contribution in [0.25, 0.3) is 0 Å². The van der Waals surface area contributed by atoms with Gasteiger partial charge in [0.15, 0.2) is 5.84 Å². The van der Waals surface area contributed by atoms with Crippen LogP contribution in [0, 0.1) is 16.7 Å². The Kier molecular flexibility index (Phi) is 3.96. The van der Waals surface area contributed by atoms with Gasteiger partial charge in [-0.2, -0.15) is 10.4 Å². The summed E-state index contributed by atoms with van der Waals surface area (Å²) in [5.41, 5.74) is 9.41. The third-order valence-electron chi connectivity index (χ3n) is 2.99. The van der Waals surface area contributed by atoms with Crippen molar-refractivity contribution in [1.82, 2.24) is 5.32 Å². The largest absolute Gasteiger partial charge is 0.382 e. The minimum absolute atomic E-state index is 0.0507. The molecular formula is C13H14N6O. The maximum absolute atomic E-state index is 11.2. The lowest BCUT2D eigenvalue weighted by molar-refractivity contribution is -0.119. The van der Waals surface area contributed by atoms with Gasteiger partial charge < -0.3 is 11.1 Å². The Labute approximate surface area is 116 Å². The van der Waals surface area contributed by atoms with Gasteiger partial charge in [0, 0.05) is 18.9 Å². The van der Waals surface area contributed by atoms with E-state index in [2.05, 4.69) is 15.8 Å². The Balaban J connectivity index is 2.12. The molecule has 102 valence electrons. The highest BCUT2D eigenvalue weighted by Gasteiger charge is 2.22. The normalized spacial score (nSPS) is 18.2. The van der Waals surface area contributed by atoms with Gasteiger partial charge in [0.2, 0.25) is 11.6 Å². The van der Waals surface area contributed by atoms with E-state index < -0.39 is 0 Å². The fraction of sp³-hybridized carbons (Fsp3) is 0.231. The first-order valence-electron chi connectivity index (χ1n) is 6.05. The molecule has 1 unspecified atom stereocenters. The number of hydrazone groups is 1. The van der Waals surface area contributed by atoms with Gasteiger partial charge in [0.05, 0.1) is 5.69 Å². The maximum atomic E-state index is 11.2. The van der Waals surface area contributed by atoms with E-state index >= 15 is 0 Å². The standard InChI is InChI=1S/C13H14N6O/c14-6-11(13(15)16)19-18-10-3-1-2-8(4-10)9-5-12(20)17-7-9/h1-4,9,18H,5,7H2,(H3,15,16)(H,17,20)/b19-11+. The quantitative estimate of drug-likeness (QED) is 0.361. The van der Waals surface area contributed by atoms with E-state index in [1.54, 1.807) is 12.1 Å². The number of nitrogens with zero attached hydrogens (tertiary/aromatic N) is 2. The van der Waals surface area contributed by atoms with Crippen molar-refractivity contribution in [3.63, 3.8) is 0 Å². The number of carbonyl (C=O) groups excluding carboxylic acids is 1. The highest BCUT2D eigenvalue weighted by Crippen LogP contribution is 2.25. The van der Waals surface area contributed by atoms with Gasteiger partial charge in [0.1, 0.15) is 6.07 Å². The molecule has 7 nitrogen and oxygen atoms in total. The number of anilines is 1. The fourth-order valence-corrected chi connectivity index (χ4v) is 1.97. The Morgan fingerprint density at radius 1 is 1.60 bits per heavy atom. The summed E-state index contributed by atoms with van der Waals surface area (Å²) < 4.78 is 0. The van der Waals surface area contributed by atoms with Gasteiger partial charge in [-0.1, -0.05) is 12.1 Å². The van der Waals surface area contributed by atoms with Gasteiger partial charge in [-0.05, 0) is 17.7 Å². The summed E-state index contributed by atoms with van der Waals surface area (Å²) in [6.07, 6.45) is 0.476. The van der Waals surface area contributed by atoms with Crippen molar-refractivity contribution in [2.75, 3.05) is 12.0 Å². The highest BCUT2D eigenvalue weighted by molar-refractivity contribution is 6.45. The lowest BCUT2D eigenvalue weighted by Crippen LogP contribution is -2.21. The number of nitrogens with two attached hydrogens (primary N) is 1. The molecule has 7 heteroatoms. The number of benzene rings is 1. The second kappa shape index (κ2) is 5.84. The molecule has 0 aliphatic carbocycles. The Bertz CT molecular complexity index is 616. The zero-order valence-electron chi connectivity index (χ0n) is 10.7. The van der Waals surface area contributed by atoms with Crippen molar-refractivity contribution >= 4 is 23.1 Å². The number of nitriles is 1. The van der Waals surface area contributed by atoms with Crippen molar-refractivity contribution in [2.24, 2.45) is 10.8 Å². The minimum Gasteiger partial charge on any atom is -0.382 e. The van der Waals surface area contributed by atoms with E-state index in [0.29, 0.717) is 18.7 Å². The van der Waals surface area contributed by atoms with E-state index in [-0.39, 0.29) is 23.4 Å². The Morgan fingerprint density at radius 3 is 3.00 bits per heavy atom. The predicted molar refractivity (Wildman–Crippen MR) is 75.4 cm³/mol. The number of hydrogen-bond acceptors (Lipinski definition) is 5. The highest BCUT2D eigenvalue weighted by atomic mass is 16.1. The molecule has 20 heavy (non-hydrogen) atoms. The molecule has 1 amide bonds. The molecule has 0 spiro atoms. The van der Waals surface area contributed by atoms with Crippen LogP contribution in [0.15, 0.2) is 29.4 Å². The maximum Gasteiger partial charge on any atom is 0.220 e. The minimum atomic E-state index is -0.387. The van der Waals surface area contributed by atoms with Crippen LogP contribution in [0.1, 0.15) is 17.9 Å². The Hall–Kier alpha value is -2.88. The molecule has 5 N–H and O–H groups in total. The number of carbonyl (C=O) groups is 1. The van der Waals surface area contributed by atoms with Crippen LogP contribution in [0.3, 0.4) is 0 Å². The fourth-order valence-electron chi connectivity index (χ4n) is 1.97. The van der Waals surface area contributed by atoms with Crippen molar-refractivity contribution < 1.29 is 4.79 Å². The smallest absolute Gasteiger partial charge is 0.220 e. The molecule has 1 aromatic rings. The van der Waals surface area contributed by atoms with Gasteiger partial charge in [-0.25, -0.2) is 0 Å². The molecule has 1 aliphatic heterocycles. The molecule has 0 bridgehead atoms. The van der Waals surface area contributed by atoms with Gasteiger partial charge in [-0.15, -0.1) is 0 Å². The monoisotopic (exact) mass is 270 g/mol. The molecule has 0 radical (unpaired) electrons. The number of amides is 1. The second-order valence-corrected chi connectivity index (χ2v) is 4.43. The van der Waals surface area contributed by atoms with E-state index in [1.165, 1.54) is 0 Å². The third-order valence-corrected chi connectivity index (χ3v) is 2.99. The van der Waals surface area contributed by atoms with Crippen molar-refractivity contribution in [2.45, 2.75) is 12.3 Å². The molecule has 1 aliphatic rings. The first kappa shape index (κ1) is 13.5. The van der Waals surface area contributed by atoms with E-state index in [1.807, 2.05) is 18.2 Å². The molecule has 1 saturated heterocycles. The Morgan fingerprint density at radius 2 is 2.40 bits per heavy atom. The van der Waals surface area contributed by atoms with Crippen molar-refractivity contribution in [3.8, 4) is 6.07 Å². The van der Waals surface area contributed by atoms with E-state index in [4.69, 9.17) is 16.4 Å². The van der Waals surface area contributed by atoms with Crippen LogP contribution in [-0.2, 0) is 4.79 Å². The van der Waals surface area contributed by atoms with Crippen LogP contribution >= 0.6 is 0 Å². The predicted octanol–water partition coefficient (Wildman–Crippen LogP) is 0.518. The molecule has 0 saturated carbocycles. The second-order valence-electron chi connectivity index (χ2n) is 4.43. The van der Waals surface area contributed by atoms with Gasteiger partial charge in [-0.3, -0.25) is 15.6 Å². The van der Waals surface area contributed by atoms with E-state index in [0.717, 1.165) is 5.56 Å². The number of rotatable bonds is 4. The average molecular weight is 270 g/mol. The number of hydrogen-bond donors (Lipinski definition) is 4. The van der Waals surface area contributed by atoms with Crippen molar-refractivity contribution in [1.29, 1.82) is 10.7 Å². The number of nitrogens with one attached hydrogen (secondary N) is 3. The SMILES string of the molecule is N#C/C(=N\Nc1cccc(C2CNC(=O)C2)c1)C(=N)N. The molecular weight excluding hydrogens is 256 g/mol. The molecule has 1 heterocycles. The zero-order chi connectivity index (χ0) is 14.5. The summed E-state index contributed by atoms with van der Waals surface area (Å²) in [6.45, 7) is 0.627. The molecule has 1 atom stereocenters. The van der Waals surface area contributed by atoms with Crippen LogP contribution in [0.4, 0.5) is 5.69 Å². The van der Waals surface area contributed by atoms with Gasteiger partial charge in [0.25, 0.3) is 0 Å². The van der Waals surface area contributed by atoms with Crippen LogP contribution in [0.5, 0.6) is 0 Å². The lowest BCUT2D eigenvalue weighted by Gasteiger charge is -2.09. The first-order valence-corrected chi connectivity index (χ1v) is 6.05. The summed E-state index contributed by atoms with van der Waals surface area (Å²) in [6, 6.07) is 9.16. The summed E-state index contributed by atoms with van der Waals surface area (Å²) >= 11 is 0. The van der Waals surface area contributed by atoms with Crippen molar-refractivity contribution in [3.05, 3.63) is 29.8 Å². The van der Waals surface area contributed by atoms with E-state index in [9.17, 15) is 4.79 Å². The summed E-state index contributed by atoms with van der Waals surface area (Å²) in [5, 5.41) is 22.5. The average Bonchev–Trinajstić information content (AvgIpc) is 2.86. The van der Waals surface area contributed by atoms with Crippen LogP contribution in [-0.4, -0.2) is 24.0 Å². The molecule has 0 aromatic heterocycles. The molecule has 2 rings (SSSR count). The molecule has 1 aromatic carbocycles. The van der Waals surface area contributed by atoms with Crippen LogP contribution in [0.2, 0.25) is 0 Å². The topological polar surface area (TPSA) is 127 Å². The first-order chi connectivity index (χ1) is 9.60. The van der Waals surface area contributed by atoms with Gasteiger partial charge >= 0.3 is 0 Å². The third kappa shape index (κ3) is 3.11. The molecule has 1 fully saturated rings. The lowest BCUT2D eigenvalue weighted by atomic mass is 9.98. The van der Waals surface area contributed by atoms with Crippen LogP contribution < -0.4 is 16.5 Å². The number of amidine groups is 1. The summed E-state index contributed by atoms with van der Waals surface area (Å²) in [4.78, 5) is 11.2. The zero-order valence-corrected chi connectivity index (χ0v) is 10.7. The summed E-state index contributed by atoms with van der Waals surface area (Å²) in [7, 11) is 0. The summed E-state index contributed by atoms with van der Waals surface area (Å²) in [5.74, 6) is -0.187.